The van der Waals surface area contributed by atoms with E-state index in [0.29, 0.717) is 37.9 Å². The molecular weight excluding hydrogens is 354 g/mol. The second-order valence-corrected chi connectivity index (χ2v) is 6.89. The van der Waals surface area contributed by atoms with E-state index in [-0.39, 0.29) is 5.91 Å². The minimum Gasteiger partial charge on any atom is -0.459 e. The number of furan rings is 1. The molecule has 1 aliphatic rings. The van der Waals surface area contributed by atoms with Crippen LogP contribution in [0.25, 0.3) is 0 Å². The average Bonchev–Trinajstić information content (AvgIpc) is 3.24. The average molecular weight is 377 g/mol. The summed E-state index contributed by atoms with van der Waals surface area (Å²) in [7, 11) is 0. The van der Waals surface area contributed by atoms with Crippen LogP contribution in [0.2, 0.25) is 0 Å². The Bertz CT molecular complexity index is 963. The molecule has 0 bridgehead atoms. The molecule has 2 aromatic heterocycles. The lowest BCUT2D eigenvalue weighted by Crippen LogP contribution is -2.49. The van der Waals surface area contributed by atoms with Gasteiger partial charge >= 0.3 is 0 Å². The lowest BCUT2D eigenvalue weighted by molar-refractivity contribution is 0.0714. The minimum absolute atomic E-state index is 0.0725. The highest BCUT2D eigenvalue weighted by atomic mass is 16.3. The number of para-hydroxylation sites is 1. The van der Waals surface area contributed by atoms with Crippen LogP contribution in [-0.4, -0.2) is 47.0 Å². The van der Waals surface area contributed by atoms with Crippen LogP contribution in [0.1, 0.15) is 21.8 Å². The maximum absolute atomic E-state index is 12.4. The van der Waals surface area contributed by atoms with Crippen molar-refractivity contribution in [2.75, 3.05) is 36.4 Å². The number of hydrogen-bond acceptors (Lipinski definition) is 6. The number of nitrogens with zero attached hydrogens (tertiary/aromatic N) is 4. The van der Waals surface area contributed by atoms with Crippen LogP contribution >= 0.6 is 0 Å². The van der Waals surface area contributed by atoms with Gasteiger partial charge in [0, 0.05) is 43.6 Å². The van der Waals surface area contributed by atoms with E-state index < -0.39 is 0 Å². The smallest absolute Gasteiger partial charge is 0.289 e. The Morgan fingerprint density at radius 1 is 1.04 bits per heavy atom. The van der Waals surface area contributed by atoms with Crippen molar-refractivity contribution >= 4 is 23.4 Å². The fourth-order valence-corrected chi connectivity index (χ4v) is 3.28. The van der Waals surface area contributed by atoms with Gasteiger partial charge in [-0.25, -0.2) is 4.98 Å². The standard InChI is InChI=1S/C21H23N5O2/c1-15-6-3-4-7-17(15)23-19-14-16(2)22-21(24-19)26-11-9-25(10-12-26)20(27)18-8-5-13-28-18/h3-8,13-14H,9-12H2,1-2H3,(H,22,23,24). The summed E-state index contributed by atoms with van der Waals surface area (Å²) in [6.07, 6.45) is 1.52. The molecule has 28 heavy (non-hydrogen) atoms. The molecule has 0 aliphatic carbocycles. The summed E-state index contributed by atoms with van der Waals surface area (Å²) in [5.41, 5.74) is 3.08. The third-order valence-electron chi connectivity index (χ3n) is 4.83. The number of aromatic nitrogens is 2. The maximum atomic E-state index is 12.4. The van der Waals surface area contributed by atoms with Crippen molar-refractivity contribution in [3.63, 3.8) is 0 Å². The Kier molecular flexibility index (Phi) is 4.97. The fourth-order valence-electron chi connectivity index (χ4n) is 3.28. The third-order valence-corrected chi connectivity index (χ3v) is 4.83. The summed E-state index contributed by atoms with van der Waals surface area (Å²) in [6.45, 7) is 6.60. The predicted molar refractivity (Wildman–Crippen MR) is 108 cm³/mol. The van der Waals surface area contributed by atoms with Gasteiger partial charge in [-0.05, 0) is 37.6 Å². The molecule has 1 fully saturated rings. The first-order valence-electron chi connectivity index (χ1n) is 9.36. The number of hydrogen-bond donors (Lipinski definition) is 1. The summed E-state index contributed by atoms with van der Waals surface area (Å²) in [5.74, 6) is 1.76. The molecular formula is C21H23N5O2. The van der Waals surface area contributed by atoms with Gasteiger partial charge < -0.3 is 19.5 Å². The zero-order valence-electron chi connectivity index (χ0n) is 16.1. The van der Waals surface area contributed by atoms with Gasteiger partial charge in [-0.2, -0.15) is 4.98 Å². The number of nitrogens with one attached hydrogen (secondary N) is 1. The molecule has 1 N–H and O–H groups in total. The molecule has 144 valence electrons. The van der Waals surface area contributed by atoms with E-state index in [2.05, 4.69) is 28.2 Å². The van der Waals surface area contributed by atoms with Crippen molar-refractivity contribution in [3.05, 3.63) is 65.7 Å². The van der Waals surface area contributed by atoms with E-state index in [1.54, 1.807) is 17.0 Å². The van der Waals surface area contributed by atoms with Crippen LogP contribution < -0.4 is 10.2 Å². The molecule has 3 heterocycles. The van der Waals surface area contributed by atoms with Gasteiger partial charge in [-0.15, -0.1) is 0 Å². The molecule has 0 atom stereocenters. The fraction of sp³-hybridized carbons (Fsp3) is 0.286. The largest absolute Gasteiger partial charge is 0.459 e. The zero-order valence-corrected chi connectivity index (χ0v) is 16.1. The van der Waals surface area contributed by atoms with E-state index in [9.17, 15) is 4.79 Å². The highest BCUT2D eigenvalue weighted by molar-refractivity contribution is 5.91. The number of piperazine rings is 1. The number of benzene rings is 1. The molecule has 4 rings (SSSR count). The van der Waals surface area contributed by atoms with E-state index >= 15 is 0 Å². The summed E-state index contributed by atoms with van der Waals surface area (Å²) in [6, 6.07) is 13.5. The number of carbonyl (C=O) groups excluding carboxylic acids is 1. The Balaban J connectivity index is 1.46. The maximum Gasteiger partial charge on any atom is 0.289 e. The summed E-state index contributed by atoms with van der Waals surface area (Å²) in [5, 5.41) is 3.38. The van der Waals surface area contributed by atoms with E-state index in [1.807, 2.05) is 31.2 Å². The van der Waals surface area contributed by atoms with Gasteiger partial charge in [0.25, 0.3) is 5.91 Å². The molecule has 0 spiro atoms. The zero-order chi connectivity index (χ0) is 19.5. The topological polar surface area (TPSA) is 74.5 Å². The molecule has 0 saturated carbocycles. The first-order valence-corrected chi connectivity index (χ1v) is 9.36. The molecule has 1 amide bonds. The second-order valence-electron chi connectivity index (χ2n) is 6.89. The van der Waals surface area contributed by atoms with Crippen LogP contribution in [0.4, 0.5) is 17.5 Å². The summed E-state index contributed by atoms with van der Waals surface area (Å²) >= 11 is 0. The van der Waals surface area contributed by atoms with Crippen molar-refractivity contribution in [2.24, 2.45) is 0 Å². The van der Waals surface area contributed by atoms with Crippen LogP contribution in [0.5, 0.6) is 0 Å². The summed E-state index contributed by atoms with van der Waals surface area (Å²) < 4.78 is 5.22. The van der Waals surface area contributed by atoms with Gasteiger partial charge in [0.2, 0.25) is 5.95 Å². The van der Waals surface area contributed by atoms with Crippen LogP contribution in [0.3, 0.4) is 0 Å². The van der Waals surface area contributed by atoms with Crippen molar-refractivity contribution in [3.8, 4) is 0 Å². The summed E-state index contributed by atoms with van der Waals surface area (Å²) in [4.78, 5) is 25.6. The van der Waals surface area contributed by atoms with Gasteiger partial charge in [-0.1, -0.05) is 18.2 Å². The number of rotatable bonds is 4. The third kappa shape index (κ3) is 3.83. The SMILES string of the molecule is Cc1cc(Nc2ccccc2C)nc(N2CCN(C(=O)c3ccco3)CC2)n1. The Morgan fingerprint density at radius 2 is 1.82 bits per heavy atom. The number of carbonyl (C=O) groups is 1. The van der Waals surface area contributed by atoms with Crippen molar-refractivity contribution in [1.82, 2.24) is 14.9 Å². The van der Waals surface area contributed by atoms with Crippen molar-refractivity contribution in [1.29, 1.82) is 0 Å². The highest BCUT2D eigenvalue weighted by Crippen LogP contribution is 2.22. The van der Waals surface area contributed by atoms with Crippen molar-refractivity contribution < 1.29 is 9.21 Å². The molecule has 7 heteroatoms. The first kappa shape index (κ1) is 18.0. The predicted octanol–water partition coefficient (Wildman–Crippen LogP) is 3.39. The molecule has 0 radical (unpaired) electrons. The van der Waals surface area contributed by atoms with Crippen LogP contribution in [0.15, 0.2) is 53.1 Å². The molecule has 1 aromatic carbocycles. The molecule has 0 unspecified atom stereocenters. The van der Waals surface area contributed by atoms with Gasteiger partial charge in [0.05, 0.1) is 6.26 Å². The van der Waals surface area contributed by atoms with Crippen LogP contribution in [-0.2, 0) is 0 Å². The monoisotopic (exact) mass is 377 g/mol. The Hall–Kier alpha value is -3.35. The Morgan fingerprint density at radius 3 is 2.54 bits per heavy atom. The molecule has 1 saturated heterocycles. The Labute approximate surface area is 164 Å². The number of aryl methyl sites for hydroxylation is 2. The lowest BCUT2D eigenvalue weighted by Gasteiger charge is -2.34. The van der Waals surface area contributed by atoms with Crippen LogP contribution in [0, 0.1) is 13.8 Å². The minimum atomic E-state index is -0.0725. The number of anilines is 3. The highest BCUT2D eigenvalue weighted by Gasteiger charge is 2.25. The van der Waals surface area contributed by atoms with E-state index in [4.69, 9.17) is 9.40 Å². The molecule has 1 aliphatic heterocycles. The van der Waals surface area contributed by atoms with Gasteiger partial charge in [-0.3, -0.25) is 4.79 Å². The van der Waals surface area contributed by atoms with E-state index in [1.165, 1.54) is 6.26 Å². The van der Waals surface area contributed by atoms with E-state index in [0.717, 1.165) is 22.8 Å². The molecule has 3 aromatic rings. The van der Waals surface area contributed by atoms with Gasteiger partial charge in [0.1, 0.15) is 5.82 Å². The van der Waals surface area contributed by atoms with Gasteiger partial charge in [0.15, 0.2) is 5.76 Å². The second kappa shape index (κ2) is 7.72. The first-order chi connectivity index (χ1) is 13.6. The molecule has 7 nitrogen and oxygen atoms in total. The number of amides is 1. The quantitative estimate of drug-likeness (QED) is 0.751. The van der Waals surface area contributed by atoms with Crippen molar-refractivity contribution in [2.45, 2.75) is 13.8 Å². The lowest BCUT2D eigenvalue weighted by atomic mass is 10.2. The normalized spacial score (nSPS) is 14.2.